The summed E-state index contributed by atoms with van der Waals surface area (Å²) in [4.78, 5) is 12.2. The van der Waals surface area contributed by atoms with E-state index in [0.717, 1.165) is 18.5 Å². The van der Waals surface area contributed by atoms with Crippen molar-refractivity contribution in [3.8, 4) is 0 Å². The van der Waals surface area contributed by atoms with Crippen molar-refractivity contribution in [2.24, 2.45) is 5.92 Å². The van der Waals surface area contributed by atoms with E-state index in [1.54, 1.807) is 0 Å². The summed E-state index contributed by atoms with van der Waals surface area (Å²) < 4.78 is 0. The Hall–Kier alpha value is -1.31. The zero-order valence-corrected chi connectivity index (χ0v) is 10.1. The molecular weight excluding hydrogens is 210 g/mol. The standard InChI is InChI=1S/C15H19NO/c17-15(9-11-5-1-2-6-11)14-10-12-7-3-4-8-13(12)16-14/h3-4,7-8,11,14,16H,1-2,5-6,9-10H2. The van der Waals surface area contributed by atoms with Crippen molar-refractivity contribution in [1.29, 1.82) is 0 Å². The van der Waals surface area contributed by atoms with Crippen LogP contribution in [0, 0.1) is 5.92 Å². The average Bonchev–Trinajstić information content (AvgIpc) is 2.96. The SMILES string of the molecule is O=C(CC1CCCC1)C1Cc2ccccc2N1. The van der Waals surface area contributed by atoms with E-state index in [1.165, 1.54) is 31.2 Å². The van der Waals surface area contributed by atoms with E-state index >= 15 is 0 Å². The van der Waals surface area contributed by atoms with Gasteiger partial charge in [-0.05, 0) is 17.5 Å². The predicted octanol–water partition coefficient (Wildman–Crippen LogP) is 3.17. The van der Waals surface area contributed by atoms with Crippen LogP contribution in [0.2, 0.25) is 0 Å². The highest BCUT2D eigenvalue weighted by molar-refractivity contribution is 5.89. The monoisotopic (exact) mass is 229 g/mol. The van der Waals surface area contributed by atoms with E-state index in [9.17, 15) is 4.79 Å². The average molecular weight is 229 g/mol. The predicted molar refractivity (Wildman–Crippen MR) is 69.1 cm³/mol. The van der Waals surface area contributed by atoms with Crippen molar-refractivity contribution in [2.45, 2.75) is 44.6 Å². The minimum atomic E-state index is 0.0352. The van der Waals surface area contributed by atoms with Crippen molar-refractivity contribution >= 4 is 11.5 Å². The molecular formula is C15H19NO. The summed E-state index contributed by atoms with van der Waals surface area (Å²) >= 11 is 0. The normalized spacial score (nSPS) is 23.4. The Bertz CT molecular complexity index is 396. The molecule has 1 aliphatic carbocycles. The van der Waals surface area contributed by atoms with E-state index in [2.05, 4.69) is 17.4 Å². The number of fused-ring (bicyclic) bond motifs is 1. The van der Waals surface area contributed by atoms with Gasteiger partial charge in [-0.2, -0.15) is 0 Å². The first-order chi connectivity index (χ1) is 8.33. The summed E-state index contributed by atoms with van der Waals surface area (Å²) in [6.45, 7) is 0. The third kappa shape index (κ3) is 2.21. The molecule has 1 aromatic rings. The molecule has 2 nitrogen and oxygen atoms in total. The minimum absolute atomic E-state index is 0.0352. The molecule has 90 valence electrons. The molecule has 2 aliphatic rings. The van der Waals surface area contributed by atoms with Gasteiger partial charge in [-0.25, -0.2) is 0 Å². The van der Waals surface area contributed by atoms with Crippen molar-refractivity contribution in [1.82, 2.24) is 0 Å². The Morgan fingerprint density at radius 1 is 1.24 bits per heavy atom. The highest BCUT2D eigenvalue weighted by atomic mass is 16.1. The van der Waals surface area contributed by atoms with Crippen molar-refractivity contribution in [3.63, 3.8) is 0 Å². The minimum Gasteiger partial charge on any atom is -0.375 e. The second-order valence-corrected chi connectivity index (χ2v) is 5.38. The van der Waals surface area contributed by atoms with Gasteiger partial charge in [0.05, 0.1) is 6.04 Å². The van der Waals surface area contributed by atoms with Gasteiger partial charge in [0.2, 0.25) is 0 Å². The van der Waals surface area contributed by atoms with Crippen LogP contribution in [0.3, 0.4) is 0 Å². The Morgan fingerprint density at radius 2 is 2.00 bits per heavy atom. The maximum Gasteiger partial charge on any atom is 0.155 e. The topological polar surface area (TPSA) is 29.1 Å². The van der Waals surface area contributed by atoms with Gasteiger partial charge in [-0.3, -0.25) is 4.79 Å². The van der Waals surface area contributed by atoms with E-state index < -0.39 is 0 Å². The number of ketones is 1. The van der Waals surface area contributed by atoms with E-state index in [0.29, 0.717) is 11.7 Å². The van der Waals surface area contributed by atoms with E-state index in [4.69, 9.17) is 0 Å². The lowest BCUT2D eigenvalue weighted by atomic mass is 9.96. The number of carbonyl (C=O) groups is 1. The third-order valence-corrected chi connectivity index (χ3v) is 4.12. The summed E-state index contributed by atoms with van der Waals surface area (Å²) in [5, 5.41) is 3.36. The van der Waals surface area contributed by atoms with Crippen LogP contribution >= 0.6 is 0 Å². The molecule has 1 aromatic carbocycles. The number of carbonyl (C=O) groups excluding carboxylic acids is 1. The molecule has 1 N–H and O–H groups in total. The molecule has 0 radical (unpaired) electrons. The summed E-state index contributed by atoms with van der Waals surface area (Å²) in [6, 6.07) is 8.29. The lowest BCUT2D eigenvalue weighted by Gasteiger charge is -2.13. The first-order valence-corrected chi connectivity index (χ1v) is 6.70. The first kappa shape index (κ1) is 10.8. The highest BCUT2D eigenvalue weighted by Gasteiger charge is 2.28. The largest absolute Gasteiger partial charge is 0.375 e. The number of Topliss-reactive ketones (excluding diaryl/α,β-unsaturated/α-hetero) is 1. The fraction of sp³-hybridized carbons (Fsp3) is 0.533. The molecule has 1 unspecified atom stereocenters. The van der Waals surface area contributed by atoms with Crippen LogP contribution < -0.4 is 5.32 Å². The molecule has 1 aliphatic heterocycles. The second kappa shape index (κ2) is 4.52. The van der Waals surface area contributed by atoms with E-state index in [-0.39, 0.29) is 6.04 Å². The van der Waals surface area contributed by atoms with Crippen LogP contribution in [0.1, 0.15) is 37.7 Å². The van der Waals surface area contributed by atoms with Gasteiger partial charge in [0, 0.05) is 18.5 Å². The maximum atomic E-state index is 12.2. The summed E-state index contributed by atoms with van der Waals surface area (Å²) in [7, 11) is 0. The Morgan fingerprint density at radius 3 is 2.76 bits per heavy atom. The molecule has 0 amide bonds. The van der Waals surface area contributed by atoms with Gasteiger partial charge < -0.3 is 5.32 Å². The number of anilines is 1. The fourth-order valence-electron chi connectivity index (χ4n) is 3.13. The van der Waals surface area contributed by atoms with Crippen LogP contribution in [0.4, 0.5) is 5.69 Å². The summed E-state index contributed by atoms with van der Waals surface area (Å²) in [6.07, 6.45) is 6.80. The van der Waals surface area contributed by atoms with Crippen molar-refractivity contribution in [3.05, 3.63) is 29.8 Å². The maximum absolute atomic E-state index is 12.2. The van der Waals surface area contributed by atoms with Crippen LogP contribution in [-0.2, 0) is 11.2 Å². The van der Waals surface area contributed by atoms with Crippen LogP contribution in [0.25, 0.3) is 0 Å². The molecule has 0 spiro atoms. The number of nitrogens with one attached hydrogen (secondary N) is 1. The Balaban J connectivity index is 1.62. The lowest BCUT2D eigenvalue weighted by molar-refractivity contribution is -0.120. The molecule has 3 rings (SSSR count). The van der Waals surface area contributed by atoms with Crippen LogP contribution in [0.15, 0.2) is 24.3 Å². The molecule has 0 aromatic heterocycles. The van der Waals surface area contributed by atoms with E-state index in [1.807, 2.05) is 12.1 Å². The molecule has 17 heavy (non-hydrogen) atoms. The smallest absolute Gasteiger partial charge is 0.155 e. The number of hydrogen-bond acceptors (Lipinski definition) is 2. The fourth-order valence-corrected chi connectivity index (χ4v) is 3.13. The number of para-hydroxylation sites is 1. The Kier molecular flexibility index (Phi) is 2.87. The summed E-state index contributed by atoms with van der Waals surface area (Å²) in [5.41, 5.74) is 2.44. The quantitative estimate of drug-likeness (QED) is 0.862. The van der Waals surface area contributed by atoms with Crippen molar-refractivity contribution < 1.29 is 4.79 Å². The second-order valence-electron chi connectivity index (χ2n) is 5.38. The van der Waals surface area contributed by atoms with Gasteiger partial charge in [0.15, 0.2) is 5.78 Å². The van der Waals surface area contributed by atoms with Crippen LogP contribution in [-0.4, -0.2) is 11.8 Å². The zero-order valence-electron chi connectivity index (χ0n) is 10.1. The zero-order chi connectivity index (χ0) is 11.7. The highest BCUT2D eigenvalue weighted by Crippen LogP contribution is 2.31. The number of hydrogen-bond donors (Lipinski definition) is 1. The molecule has 0 bridgehead atoms. The molecule has 0 saturated heterocycles. The van der Waals surface area contributed by atoms with Gasteiger partial charge in [0.25, 0.3) is 0 Å². The number of rotatable bonds is 3. The van der Waals surface area contributed by atoms with Gasteiger partial charge in [-0.15, -0.1) is 0 Å². The lowest BCUT2D eigenvalue weighted by Crippen LogP contribution is -2.28. The summed E-state index contributed by atoms with van der Waals surface area (Å²) in [5.74, 6) is 1.07. The van der Waals surface area contributed by atoms with Gasteiger partial charge in [-0.1, -0.05) is 43.9 Å². The third-order valence-electron chi connectivity index (χ3n) is 4.12. The molecule has 1 heterocycles. The van der Waals surface area contributed by atoms with Gasteiger partial charge >= 0.3 is 0 Å². The molecule has 2 heteroatoms. The molecule has 1 fully saturated rings. The van der Waals surface area contributed by atoms with Crippen molar-refractivity contribution in [2.75, 3.05) is 5.32 Å². The van der Waals surface area contributed by atoms with Crippen LogP contribution in [0.5, 0.6) is 0 Å². The molecule has 1 atom stereocenters. The first-order valence-electron chi connectivity index (χ1n) is 6.70. The molecule has 1 saturated carbocycles. The number of benzene rings is 1. The van der Waals surface area contributed by atoms with Gasteiger partial charge in [0.1, 0.15) is 0 Å². The Labute approximate surface area is 102 Å².